The van der Waals surface area contributed by atoms with E-state index in [9.17, 15) is 0 Å². The van der Waals surface area contributed by atoms with Gasteiger partial charge < -0.3 is 5.32 Å². The van der Waals surface area contributed by atoms with Gasteiger partial charge in [-0.1, -0.05) is 30.3 Å². The number of aryl methyl sites for hydroxylation is 1. The van der Waals surface area contributed by atoms with Crippen molar-refractivity contribution >= 4 is 5.82 Å². The lowest BCUT2D eigenvalue weighted by Crippen LogP contribution is -2.10. The van der Waals surface area contributed by atoms with E-state index in [0.717, 1.165) is 11.4 Å². The molecule has 0 saturated carbocycles. The van der Waals surface area contributed by atoms with Crippen LogP contribution < -0.4 is 5.32 Å². The lowest BCUT2D eigenvalue weighted by molar-refractivity contribution is 0.748. The average Bonchev–Trinajstić information content (AvgIpc) is 2.75. The van der Waals surface area contributed by atoms with Crippen LogP contribution in [0, 0.1) is 11.3 Å². The van der Waals surface area contributed by atoms with E-state index >= 15 is 0 Å². The zero-order valence-electron chi connectivity index (χ0n) is 9.67. The van der Waals surface area contributed by atoms with Crippen LogP contribution in [0.5, 0.6) is 0 Å². The van der Waals surface area contributed by atoms with Gasteiger partial charge >= 0.3 is 0 Å². The number of hydrogen-bond acceptors (Lipinski definition) is 3. The second-order valence-electron chi connectivity index (χ2n) is 3.84. The molecule has 0 saturated heterocycles. The predicted octanol–water partition coefficient (Wildman–Crippen LogP) is 2.49. The summed E-state index contributed by atoms with van der Waals surface area (Å²) >= 11 is 0. The molecule has 0 spiro atoms. The summed E-state index contributed by atoms with van der Waals surface area (Å²) in [6.45, 7) is 0. The molecular weight excluding hydrogens is 212 g/mol. The smallest absolute Gasteiger partial charge is 0.148 e. The van der Waals surface area contributed by atoms with E-state index in [1.165, 1.54) is 0 Å². The van der Waals surface area contributed by atoms with Gasteiger partial charge in [0.2, 0.25) is 0 Å². The minimum absolute atomic E-state index is 0.0175. The average molecular weight is 226 g/mol. The third-order valence-corrected chi connectivity index (χ3v) is 2.53. The third-order valence-electron chi connectivity index (χ3n) is 2.53. The Morgan fingerprint density at radius 1 is 1.35 bits per heavy atom. The minimum Gasteiger partial charge on any atom is -0.361 e. The Labute approximate surface area is 100 Å². The summed E-state index contributed by atoms with van der Waals surface area (Å²) in [7, 11) is 1.87. The summed E-state index contributed by atoms with van der Waals surface area (Å²) in [6, 6.07) is 14.0. The van der Waals surface area contributed by atoms with E-state index in [-0.39, 0.29) is 6.04 Å². The lowest BCUT2D eigenvalue weighted by Gasteiger charge is -2.15. The summed E-state index contributed by atoms with van der Waals surface area (Å²) in [5, 5.41) is 16.4. The van der Waals surface area contributed by atoms with Crippen molar-refractivity contribution in [1.29, 1.82) is 5.26 Å². The topological polar surface area (TPSA) is 53.6 Å². The molecule has 1 heterocycles. The number of hydrogen-bond donors (Lipinski definition) is 1. The molecule has 1 aromatic carbocycles. The molecule has 17 heavy (non-hydrogen) atoms. The standard InChI is InChI=1S/C13H14N4/c1-17-10-8-13(16-17)15-12(7-9-14)11-5-3-2-4-6-11/h2-6,8,10,12H,7H2,1H3,(H,15,16). The largest absolute Gasteiger partial charge is 0.361 e. The Balaban J connectivity index is 2.16. The molecule has 0 radical (unpaired) electrons. The van der Waals surface area contributed by atoms with Crippen LogP contribution in [0.15, 0.2) is 42.6 Å². The van der Waals surface area contributed by atoms with Gasteiger partial charge in [0.15, 0.2) is 0 Å². The minimum atomic E-state index is -0.0175. The molecule has 0 fully saturated rings. The molecule has 1 aromatic heterocycles. The van der Waals surface area contributed by atoms with Gasteiger partial charge in [-0.05, 0) is 5.56 Å². The van der Waals surface area contributed by atoms with Crippen molar-refractivity contribution in [2.24, 2.45) is 7.05 Å². The van der Waals surface area contributed by atoms with Gasteiger partial charge in [0, 0.05) is 19.3 Å². The van der Waals surface area contributed by atoms with Crippen molar-refractivity contribution in [1.82, 2.24) is 9.78 Å². The summed E-state index contributed by atoms with van der Waals surface area (Å²) < 4.78 is 1.73. The molecule has 2 aromatic rings. The highest BCUT2D eigenvalue weighted by Crippen LogP contribution is 2.20. The Hall–Kier alpha value is -2.28. The summed E-state index contributed by atoms with van der Waals surface area (Å²) in [5.74, 6) is 0.789. The molecule has 86 valence electrons. The molecule has 1 atom stereocenters. The van der Waals surface area contributed by atoms with E-state index in [1.807, 2.05) is 49.6 Å². The first-order chi connectivity index (χ1) is 8.29. The van der Waals surface area contributed by atoms with Crippen molar-refractivity contribution in [3.8, 4) is 6.07 Å². The zero-order valence-corrected chi connectivity index (χ0v) is 9.67. The maximum Gasteiger partial charge on any atom is 0.148 e. The van der Waals surface area contributed by atoms with Crippen molar-refractivity contribution in [3.05, 3.63) is 48.2 Å². The van der Waals surface area contributed by atoms with Gasteiger partial charge in [0.1, 0.15) is 5.82 Å². The molecule has 2 rings (SSSR count). The first-order valence-electron chi connectivity index (χ1n) is 5.47. The summed E-state index contributed by atoms with van der Waals surface area (Å²) in [6.07, 6.45) is 2.29. The van der Waals surface area contributed by atoms with Crippen molar-refractivity contribution in [3.63, 3.8) is 0 Å². The van der Waals surface area contributed by atoms with Crippen LogP contribution >= 0.6 is 0 Å². The summed E-state index contributed by atoms with van der Waals surface area (Å²) in [4.78, 5) is 0. The highest BCUT2D eigenvalue weighted by molar-refractivity contribution is 5.37. The molecule has 0 bridgehead atoms. The third kappa shape index (κ3) is 2.85. The first kappa shape index (κ1) is 11.2. The zero-order chi connectivity index (χ0) is 12.1. The van der Waals surface area contributed by atoms with Crippen LogP contribution in [0.1, 0.15) is 18.0 Å². The van der Waals surface area contributed by atoms with E-state index in [4.69, 9.17) is 5.26 Å². The Morgan fingerprint density at radius 3 is 2.71 bits per heavy atom. The SMILES string of the molecule is Cn1ccc(NC(CC#N)c2ccccc2)n1. The molecule has 0 aliphatic carbocycles. The van der Waals surface area contributed by atoms with Crippen LogP contribution in [-0.4, -0.2) is 9.78 Å². The fourth-order valence-electron chi connectivity index (χ4n) is 1.70. The molecule has 0 aliphatic rings. The number of anilines is 1. The van der Waals surface area contributed by atoms with Gasteiger partial charge in [-0.15, -0.1) is 0 Å². The summed E-state index contributed by atoms with van der Waals surface area (Å²) in [5.41, 5.74) is 1.10. The Bertz CT molecular complexity index is 510. The maximum absolute atomic E-state index is 8.87. The molecule has 0 amide bonds. The Morgan fingerprint density at radius 2 is 2.12 bits per heavy atom. The van der Waals surface area contributed by atoms with Crippen molar-refractivity contribution in [2.45, 2.75) is 12.5 Å². The fourth-order valence-corrected chi connectivity index (χ4v) is 1.70. The van der Waals surface area contributed by atoms with Gasteiger partial charge in [-0.2, -0.15) is 10.4 Å². The van der Waals surface area contributed by atoms with E-state index < -0.39 is 0 Å². The predicted molar refractivity (Wildman–Crippen MR) is 66.2 cm³/mol. The Kier molecular flexibility index (Phi) is 3.41. The van der Waals surface area contributed by atoms with Gasteiger partial charge in [-0.3, -0.25) is 4.68 Å². The van der Waals surface area contributed by atoms with Crippen molar-refractivity contribution < 1.29 is 0 Å². The van der Waals surface area contributed by atoms with Crippen LogP contribution in [0.4, 0.5) is 5.82 Å². The van der Waals surface area contributed by atoms with E-state index in [0.29, 0.717) is 6.42 Å². The molecule has 1 N–H and O–H groups in total. The van der Waals surface area contributed by atoms with Crippen LogP contribution in [0.2, 0.25) is 0 Å². The van der Waals surface area contributed by atoms with Gasteiger partial charge in [0.25, 0.3) is 0 Å². The number of nitriles is 1. The number of benzene rings is 1. The van der Waals surface area contributed by atoms with Crippen LogP contribution in [0.25, 0.3) is 0 Å². The number of nitrogens with one attached hydrogen (secondary N) is 1. The second kappa shape index (κ2) is 5.17. The number of rotatable bonds is 4. The van der Waals surface area contributed by atoms with E-state index in [1.54, 1.807) is 4.68 Å². The fraction of sp³-hybridized carbons (Fsp3) is 0.231. The lowest BCUT2D eigenvalue weighted by atomic mass is 10.0. The number of aromatic nitrogens is 2. The van der Waals surface area contributed by atoms with Crippen molar-refractivity contribution in [2.75, 3.05) is 5.32 Å². The second-order valence-corrected chi connectivity index (χ2v) is 3.84. The molecule has 0 aliphatic heterocycles. The normalized spacial score (nSPS) is 11.8. The molecule has 4 nitrogen and oxygen atoms in total. The van der Waals surface area contributed by atoms with Crippen LogP contribution in [-0.2, 0) is 7.05 Å². The highest BCUT2D eigenvalue weighted by Gasteiger charge is 2.11. The highest BCUT2D eigenvalue weighted by atomic mass is 15.3. The first-order valence-corrected chi connectivity index (χ1v) is 5.47. The maximum atomic E-state index is 8.87. The number of nitrogens with zero attached hydrogens (tertiary/aromatic N) is 3. The monoisotopic (exact) mass is 226 g/mol. The molecular formula is C13H14N4. The van der Waals surface area contributed by atoms with Gasteiger partial charge in [-0.25, -0.2) is 0 Å². The molecule has 1 unspecified atom stereocenters. The quantitative estimate of drug-likeness (QED) is 0.871. The van der Waals surface area contributed by atoms with Crippen LogP contribution in [0.3, 0.4) is 0 Å². The van der Waals surface area contributed by atoms with Gasteiger partial charge in [0.05, 0.1) is 18.5 Å². The van der Waals surface area contributed by atoms with E-state index in [2.05, 4.69) is 16.5 Å². The molecule has 4 heteroatoms.